The fourth-order valence-corrected chi connectivity index (χ4v) is 2.53. The highest BCUT2D eigenvalue weighted by Gasteiger charge is 2.10. The molecule has 0 unspecified atom stereocenters. The Balaban J connectivity index is 1.80. The van der Waals surface area contributed by atoms with E-state index in [0.717, 1.165) is 5.69 Å². The normalized spacial score (nSPS) is 10.2. The first kappa shape index (κ1) is 18.8. The second kappa shape index (κ2) is 9.08. The lowest BCUT2D eigenvalue weighted by atomic mass is 10.2. The summed E-state index contributed by atoms with van der Waals surface area (Å²) in [5.74, 6) is -0.245. The van der Waals surface area contributed by atoms with Gasteiger partial charge in [-0.1, -0.05) is 29.8 Å². The Bertz CT molecular complexity index is 733. The van der Waals surface area contributed by atoms with E-state index < -0.39 is 0 Å². The monoisotopic (exact) mass is 359 g/mol. The van der Waals surface area contributed by atoms with Gasteiger partial charge in [-0.05, 0) is 36.8 Å². The maximum Gasteiger partial charge on any atom is 0.251 e. The summed E-state index contributed by atoms with van der Waals surface area (Å²) in [5, 5.41) is 6.25. The molecule has 0 spiro atoms. The van der Waals surface area contributed by atoms with Crippen LogP contribution in [0.15, 0.2) is 48.5 Å². The lowest BCUT2D eigenvalue weighted by Crippen LogP contribution is -2.25. The number of carbonyl (C=O) groups excluding carboxylic acids is 2. The molecule has 6 heteroatoms. The zero-order chi connectivity index (χ0) is 18.2. The highest BCUT2D eigenvalue weighted by Crippen LogP contribution is 2.27. The molecule has 2 aromatic carbocycles. The van der Waals surface area contributed by atoms with Crippen LogP contribution in [0.4, 0.5) is 11.4 Å². The van der Waals surface area contributed by atoms with E-state index >= 15 is 0 Å². The van der Waals surface area contributed by atoms with E-state index in [0.29, 0.717) is 35.7 Å². The van der Waals surface area contributed by atoms with Crippen molar-refractivity contribution in [3.8, 4) is 0 Å². The largest absolute Gasteiger partial charge is 0.376 e. The van der Waals surface area contributed by atoms with Gasteiger partial charge in [0.1, 0.15) is 0 Å². The van der Waals surface area contributed by atoms with Crippen LogP contribution in [0.3, 0.4) is 0 Å². The summed E-state index contributed by atoms with van der Waals surface area (Å²) in [6.45, 7) is 0.442. The number of hydrogen-bond acceptors (Lipinski definition) is 3. The van der Waals surface area contributed by atoms with Gasteiger partial charge >= 0.3 is 0 Å². The molecule has 0 saturated heterocycles. The van der Waals surface area contributed by atoms with Gasteiger partial charge < -0.3 is 15.5 Å². The van der Waals surface area contributed by atoms with E-state index in [-0.39, 0.29) is 11.8 Å². The third kappa shape index (κ3) is 5.80. The highest BCUT2D eigenvalue weighted by atomic mass is 35.5. The van der Waals surface area contributed by atoms with Crippen LogP contribution in [0.2, 0.25) is 5.02 Å². The third-order valence-electron chi connectivity index (χ3n) is 3.62. The number of anilines is 2. The Labute approximate surface area is 153 Å². The summed E-state index contributed by atoms with van der Waals surface area (Å²) in [7, 11) is 3.80. The van der Waals surface area contributed by atoms with E-state index in [1.54, 1.807) is 24.3 Å². The van der Waals surface area contributed by atoms with E-state index in [1.807, 2.05) is 43.3 Å². The summed E-state index contributed by atoms with van der Waals surface area (Å²) in [6, 6.07) is 14.4. The van der Waals surface area contributed by atoms with Crippen molar-refractivity contribution in [2.75, 3.05) is 30.9 Å². The minimum Gasteiger partial charge on any atom is -0.376 e. The van der Waals surface area contributed by atoms with Crippen LogP contribution in [0.1, 0.15) is 23.2 Å². The molecule has 0 aliphatic carbocycles. The Morgan fingerprint density at radius 3 is 2.48 bits per heavy atom. The number of amides is 2. The molecule has 132 valence electrons. The molecule has 0 aliphatic rings. The fourth-order valence-electron chi connectivity index (χ4n) is 2.35. The predicted octanol–water partition coefficient (Wildman–Crippen LogP) is 3.55. The minimum absolute atomic E-state index is 0.112. The zero-order valence-electron chi connectivity index (χ0n) is 14.4. The number of hydrogen-bond donors (Lipinski definition) is 2. The van der Waals surface area contributed by atoms with Crippen molar-refractivity contribution >= 4 is 34.8 Å². The van der Waals surface area contributed by atoms with Gasteiger partial charge in [0.05, 0.1) is 11.4 Å². The predicted molar refractivity (Wildman–Crippen MR) is 102 cm³/mol. The quantitative estimate of drug-likeness (QED) is 0.743. The van der Waals surface area contributed by atoms with E-state index in [2.05, 4.69) is 10.6 Å². The molecule has 0 aromatic heterocycles. The Kier molecular flexibility index (Phi) is 6.83. The summed E-state index contributed by atoms with van der Waals surface area (Å²) in [4.78, 5) is 25.9. The number of nitrogens with zero attached hydrogens (tertiary/aromatic N) is 1. The van der Waals surface area contributed by atoms with Crippen LogP contribution in [0.5, 0.6) is 0 Å². The van der Waals surface area contributed by atoms with E-state index in [4.69, 9.17) is 11.6 Å². The van der Waals surface area contributed by atoms with Crippen LogP contribution >= 0.6 is 11.6 Å². The molecule has 0 saturated carbocycles. The summed E-state index contributed by atoms with van der Waals surface area (Å²) < 4.78 is 0. The van der Waals surface area contributed by atoms with E-state index in [9.17, 15) is 9.59 Å². The summed E-state index contributed by atoms with van der Waals surface area (Å²) in [5.41, 5.74) is 2.17. The smallest absolute Gasteiger partial charge is 0.251 e. The van der Waals surface area contributed by atoms with E-state index in [1.165, 1.54) is 0 Å². The van der Waals surface area contributed by atoms with Crippen LogP contribution in [0.25, 0.3) is 0 Å². The Hall–Kier alpha value is -2.53. The number of nitrogens with one attached hydrogen (secondary N) is 2. The first-order valence-electron chi connectivity index (χ1n) is 8.07. The molecule has 2 N–H and O–H groups in total. The van der Waals surface area contributed by atoms with Crippen LogP contribution in [-0.2, 0) is 4.79 Å². The van der Waals surface area contributed by atoms with Crippen LogP contribution < -0.4 is 15.5 Å². The maximum absolute atomic E-state index is 12.1. The van der Waals surface area contributed by atoms with Crippen molar-refractivity contribution < 1.29 is 9.59 Å². The first-order valence-corrected chi connectivity index (χ1v) is 8.45. The maximum atomic E-state index is 12.1. The van der Waals surface area contributed by atoms with Crippen LogP contribution in [-0.4, -0.2) is 32.5 Å². The third-order valence-corrected chi connectivity index (χ3v) is 3.85. The molecule has 0 radical (unpaired) electrons. The molecule has 0 atom stereocenters. The second-order valence-corrected chi connectivity index (χ2v) is 6.27. The van der Waals surface area contributed by atoms with Crippen molar-refractivity contribution in [3.05, 3.63) is 59.1 Å². The molecule has 0 aliphatic heterocycles. The molecular formula is C19H22ClN3O2. The lowest BCUT2D eigenvalue weighted by molar-refractivity contribution is -0.116. The highest BCUT2D eigenvalue weighted by molar-refractivity contribution is 6.31. The number of rotatable bonds is 7. The Morgan fingerprint density at radius 2 is 1.80 bits per heavy atom. The van der Waals surface area contributed by atoms with Crippen molar-refractivity contribution in [1.29, 1.82) is 0 Å². The van der Waals surface area contributed by atoms with Crippen molar-refractivity contribution in [2.24, 2.45) is 0 Å². The zero-order valence-corrected chi connectivity index (χ0v) is 15.1. The van der Waals surface area contributed by atoms with Gasteiger partial charge in [0.2, 0.25) is 5.91 Å². The van der Waals surface area contributed by atoms with Gasteiger partial charge in [-0.25, -0.2) is 0 Å². The molecule has 0 fully saturated rings. The number of benzene rings is 2. The standard InChI is InChI=1S/C19H22ClN3O2/c1-23(2)17-11-10-15(20)13-16(17)22-18(24)9-6-12-21-19(25)14-7-4-3-5-8-14/h3-5,7-8,10-11,13H,6,9,12H2,1-2H3,(H,21,25)(H,22,24). The second-order valence-electron chi connectivity index (χ2n) is 5.83. The molecule has 0 heterocycles. The summed E-state index contributed by atoms with van der Waals surface area (Å²) in [6.07, 6.45) is 0.872. The molecule has 2 amide bonds. The lowest BCUT2D eigenvalue weighted by Gasteiger charge is -2.18. The molecule has 2 rings (SSSR count). The molecule has 5 nitrogen and oxygen atoms in total. The van der Waals surface area contributed by atoms with Gasteiger partial charge in [-0.15, -0.1) is 0 Å². The van der Waals surface area contributed by atoms with Gasteiger partial charge in [0, 0.05) is 37.6 Å². The molecule has 0 bridgehead atoms. The summed E-state index contributed by atoms with van der Waals surface area (Å²) >= 11 is 6.01. The molecular weight excluding hydrogens is 338 g/mol. The molecule has 2 aromatic rings. The van der Waals surface area contributed by atoms with Gasteiger partial charge in [-0.2, -0.15) is 0 Å². The first-order chi connectivity index (χ1) is 12.0. The average molecular weight is 360 g/mol. The SMILES string of the molecule is CN(C)c1ccc(Cl)cc1NC(=O)CCCNC(=O)c1ccccc1. The minimum atomic E-state index is -0.134. The van der Waals surface area contributed by atoms with Crippen molar-refractivity contribution in [2.45, 2.75) is 12.8 Å². The average Bonchev–Trinajstić information content (AvgIpc) is 2.59. The fraction of sp³-hybridized carbons (Fsp3) is 0.263. The molecule has 25 heavy (non-hydrogen) atoms. The Morgan fingerprint density at radius 1 is 1.08 bits per heavy atom. The number of carbonyl (C=O) groups is 2. The van der Waals surface area contributed by atoms with Crippen molar-refractivity contribution in [1.82, 2.24) is 5.32 Å². The number of halogens is 1. The van der Waals surface area contributed by atoms with Gasteiger partial charge in [0.25, 0.3) is 5.91 Å². The topological polar surface area (TPSA) is 61.4 Å². The van der Waals surface area contributed by atoms with Crippen LogP contribution in [0, 0.1) is 0 Å². The van der Waals surface area contributed by atoms with Gasteiger partial charge in [0.15, 0.2) is 0 Å². The van der Waals surface area contributed by atoms with Crippen molar-refractivity contribution in [3.63, 3.8) is 0 Å². The van der Waals surface area contributed by atoms with Gasteiger partial charge in [-0.3, -0.25) is 9.59 Å².